The molecule has 0 radical (unpaired) electrons. The van der Waals surface area contributed by atoms with E-state index in [1.54, 1.807) is 36.0 Å². The number of hydrogen-bond donors (Lipinski definition) is 4. The molecule has 12 heteroatoms. The number of amides is 3. The number of rotatable bonds is 17. The van der Waals surface area contributed by atoms with Crippen LogP contribution in [-0.4, -0.2) is 49.3 Å². The van der Waals surface area contributed by atoms with Crippen LogP contribution in [0.3, 0.4) is 0 Å². The number of anilines is 2. The van der Waals surface area contributed by atoms with Crippen LogP contribution >= 0.6 is 23.4 Å². The molecule has 0 heterocycles. The predicted molar refractivity (Wildman–Crippen MR) is 191 cm³/mol. The third kappa shape index (κ3) is 11.0. The van der Waals surface area contributed by atoms with E-state index in [4.69, 9.17) is 11.6 Å². The molecule has 4 N–H and O–H groups in total. The summed E-state index contributed by atoms with van der Waals surface area (Å²) in [5.41, 5.74) is 0.607. The van der Waals surface area contributed by atoms with Gasteiger partial charge in [-0.1, -0.05) is 70.9 Å². The van der Waals surface area contributed by atoms with E-state index in [0.29, 0.717) is 17.9 Å². The first-order valence-electron chi connectivity index (χ1n) is 15.8. The maximum atomic E-state index is 13.8. The van der Waals surface area contributed by atoms with Gasteiger partial charge in [-0.05, 0) is 66.9 Å². The van der Waals surface area contributed by atoms with E-state index in [1.165, 1.54) is 43.4 Å². The SMILES string of the molecule is CCCCCCCCC(C(=O)Nc1cc(O)c(NC(=O)c2ccc(C(=O)NC)cc2)cc1Cl)S(=O)(=O)c1ccc(SCC(C)C)cc1. The number of phenolic OH excluding ortho intramolecular Hbond substituents is 1. The molecule has 0 aliphatic rings. The summed E-state index contributed by atoms with van der Waals surface area (Å²) in [6.07, 6.45) is 5.68. The van der Waals surface area contributed by atoms with Crippen molar-refractivity contribution in [1.29, 1.82) is 0 Å². The fourth-order valence-corrected chi connectivity index (χ4v) is 7.50. The highest BCUT2D eigenvalue weighted by molar-refractivity contribution is 7.99. The lowest BCUT2D eigenvalue weighted by atomic mass is 10.1. The Kier molecular flexibility index (Phi) is 14.6. The molecular formula is C35H44ClN3O6S2. The zero-order chi connectivity index (χ0) is 34.6. The van der Waals surface area contributed by atoms with Crippen LogP contribution in [0.5, 0.6) is 5.75 Å². The fourth-order valence-electron chi connectivity index (χ4n) is 4.77. The van der Waals surface area contributed by atoms with Crippen molar-refractivity contribution in [2.24, 2.45) is 5.92 Å². The van der Waals surface area contributed by atoms with Gasteiger partial charge in [0.1, 0.15) is 11.0 Å². The summed E-state index contributed by atoms with van der Waals surface area (Å²) in [6.45, 7) is 6.35. The Morgan fingerprint density at radius 2 is 1.43 bits per heavy atom. The molecule has 0 spiro atoms. The second kappa shape index (κ2) is 18.1. The second-order valence-corrected chi connectivity index (χ2v) is 15.3. The highest BCUT2D eigenvalue weighted by Crippen LogP contribution is 2.35. The number of hydrogen-bond acceptors (Lipinski definition) is 7. The Labute approximate surface area is 287 Å². The van der Waals surface area contributed by atoms with Crippen LogP contribution in [0.25, 0.3) is 0 Å². The van der Waals surface area contributed by atoms with Gasteiger partial charge in [0.2, 0.25) is 5.91 Å². The smallest absolute Gasteiger partial charge is 0.255 e. The van der Waals surface area contributed by atoms with Gasteiger partial charge in [-0.2, -0.15) is 0 Å². The highest BCUT2D eigenvalue weighted by atomic mass is 35.5. The maximum Gasteiger partial charge on any atom is 0.255 e. The lowest BCUT2D eigenvalue weighted by Crippen LogP contribution is -2.35. The number of unbranched alkanes of at least 4 members (excludes halogenated alkanes) is 5. The van der Waals surface area contributed by atoms with Gasteiger partial charge in [0.05, 0.1) is 21.3 Å². The van der Waals surface area contributed by atoms with Crippen molar-refractivity contribution in [3.8, 4) is 5.75 Å². The largest absolute Gasteiger partial charge is 0.506 e. The molecular weight excluding hydrogens is 658 g/mol. The van der Waals surface area contributed by atoms with Crippen LogP contribution < -0.4 is 16.0 Å². The number of phenols is 1. The number of carbonyl (C=O) groups is 3. The number of halogens is 1. The van der Waals surface area contributed by atoms with Crippen LogP contribution in [0.15, 0.2) is 70.5 Å². The first-order valence-corrected chi connectivity index (χ1v) is 18.7. The number of aromatic hydroxyl groups is 1. The number of thioether (sulfide) groups is 1. The topological polar surface area (TPSA) is 142 Å². The minimum Gasteiger partial charge on any atom is -0.506 e. The van der Waals surface area contributed by atoms with E-state index in [-0.39, 0.29) is 44.9 Å². The third-order valence-corrected chi connectivity index (χ3v) is 11.3. The molecule has 9 nitrogen and oxygen atoms in total. The molecule has 0 saturated carbocycles. The predicted octanol–water partition coefficient (Wildman–Crippen LogP) is 7.94. The first kappa shape index (κ1) is 37.9. The van der Waals surface area contributed by atoms with Gasteiger partial charge < -0.3 is 21.1 Å². The van der Waals surface area contributed by atoms with Crippen LogP contribution in [0.2, 0.25) is 5.02 Å². The highest BCUT2D eigenvalue weighted by Gasteiger charge is 2.34. The van der Waals surface area contributed by atoms with Crippen LogP contribution in [0, 0.1) is 5.92 Å². The summed E-state index contributed by atoms with van der Waals surface area (Å²) in [5.74, 6) is -0.613. The number of nitrogens with one attached hydrogen (secondary N) is 3. The molecule has 47 heavy (non-hydrogen) atoms. The Hall–Kier alpha value is -3.54. The quantitative estimate of drug-likeness (QED) is 0.0636. The number of benzene rings is 3. The Morgan fingerprint density at radius 1 is 0.830 bits per heavy atom. The summed E-state index contributed by atoms with van der Waals surface area (Å²) in [7, 11) is -2.56. The molecule has 0 aliphatic heterocycles. The van der Waals surface area contributed by atoms with Gasteiger partial charge in [0.25, 0.3) is 11.8 Å². The van der Waals surface area contributed by atoms with Gasteiger partial charge in [-0.25, -0.2) is 8.42 Å². The summed E-state index contributed by atoms with van der Waals surface area (Å²) in [4.78, 5) is 39.2. The average molecular weight is 702 g/mol. The summed E-state index contributed by atoms with van der Waals surface area (Å²) >= 11 is 8.10. The van der Waals surface area contributed by atoms with Crippen molar-refractivity contribution >= 4 is 62.3 Å². The third-order valence-electron chi connectivity index (χ3n) is 7.45. The van der Waals surface area contributed by atoms with Crippen molar-refractivity contribution in [1.82, 2.24) is 5.32 Å². The minimum atomic E-state index is -4.06. The summed E-state index contributed by atoms with van der Waals surface area (Å²) < 4.78 is 27.7. The van der Waals surface area contributed by atoms with Gasteiger partial charge in [0, 0.05) is 34.9 Å². The van der Waals surface area contributed by atoms with Crippen LogP contribution in [0.4, 0.5) is 11.4 Å². The first-order chi connectivity index (χ1) is 22.4. The Morgan fingerprint density at radius 3 is 2.02 bits per heavy atom. The zero-order valence-electron chi connectivity index (χ0n) is 27.3. The molecule has 0 saturated heterocycles. The van der Waals surface area contributed by atoms with Crippen LogP contribution in [-0.2, 0) is 14.6 Å². The molecule has 3 aromatic rings. The molecule has 3 amide bonds. The molecule has 0 aromatic heterocycles. The van der Waals surface area contributed by atoms with Gasteiger partial charge in [-0.15, -0.1) is 11.8 Å². The fraction of sp³-hybridized carbons (Fsp3) is 0.400. The van der Waals surface area contributed by atoms with Crippen molar-refractivity contribution in [3.05, 3.63) is 76.8 Å². The Bertz CT molecular complexity index is 1630. The van der Waals surface area contributed by atoms with E-state index < -0.39 is 26.9 Å². The minimum absolute atomic E-state index is 0.00526. The van der Waals surface area contributed by atoms with E-state index >= 15 is 0 Å². The van der Waals surface area contributed by atoms with Gasteiger partial charge in [0.15, 0.2) is 9.84 Å². The molecule has 0 bridgehead atoms. The Balaban J connectivity index is 1.79. The number of sulfone groups is 1. The molecule has 3 aromatic carbocycles. The molecule has 254 valence electrons. The maximum absolute atomic E-state index is 13.8. The summed E-state index contributed by atoms with van der Waals surface area (Å²) in [6, 6.07) is 15.0. The van der Waals surface area contributed by atoms with Crippen molar-refractivity contribution in [3.63, 3.8) is 0 Å². The van der Waals surface area contributed by atoms with Crippen LogP contribution in [0.1, 0.15) is 86.4 Å². The molecule has 1 unspecified atom stereocenters. The monoisotopic (exact) mass is 701 g/mol. The van der Waals surface area contributed by atoms with Crippen molar-refractivity contribution < 1.29 is 27.9 Å². The van der Waals surface area contributed by atoms with E-state index in [9.17, 15) is 27.9 Å². The second-order valence-electron chi connectivity index (χ2n) is 11.7. The summed E-state index contributed by atoms with van der Waals surface area (Å²) in [5, 5.41) is 17.0. The lowest BCUT2D eigenvalue weighted by Gasteiger charge is -2.19. The van der Waals surface area contributed by atoms with Crippen molar-refractivity contribution in [2.75, 3.05) is 23.4 Å². The van der Waals surface area contributed by atoms with E-state index in [0.717, 1.165) is 42.8 Å². The number of carbonyl (C=O) groups excluding carboxylic acids is 3. The lowest BCUT2D eigenvalue weighted by molar-refractivity contribution is -0.116. The zero-order valence-corrected chi connectivity index (χ0v) is 29.7. The molecule has 1 atom stereocenters. The van der Waals surface area contributed by atoms with Gasteiger partial charge in [-0.3, -0.25) is 14.4 Å². The van der Waals surface area contributed by atoms with Crippen molar-refractivity contribution in [2.45, 2.75) is 80.8 Å². The van der Waals surface area contributed by atoms with E-state index in [2.05, 4.69) is 36.7 Å². The van der Waals surface area contributed by atoms with Gasteiger partial charge >= 0.3 is 0 Å². The standard InChI is InChI=1S/C35H44ClN3O6S2/c1-5-6-7-8-9-10-11-32(47(44,45)27-18-16-26(17-19-27)46-22-23(2)3)35(43)38-29-21-31(40)30(20-28(29)36)39-34(42)25-14-12-24(13-15-25)33(41)37-4/h12-21,23,32,40H,5-11,22H2,1-4H3,(H,37,41)(H,38,43)(H,39,42). The molecule has 3 rings (SSSR count). The molecule has 0 aliphatic carbocycles. The average Bonchev–Trinajstić information content (AvgIpc) is 3.05. The molecule has 0 fully saturated rings. The van der Waals surface area contributed by atoms with E-state index in [1.807, 2.05) is 0 Å². The normalized spacial score (nSPS) is 12.0.